The Hall–Kier alpha value is -0.470. The number of thioether (sulfide) groups is 1. The van der Waals surface area contributed by atoms with Crippen molar-refractivity contribution >= 4 is 11.8 Å². The first-order valence-corrected chi connectivity index (χ1v) is 6.11. The van der Waals surface area contributed by atoms with Gasteiger partial charge in [0.1, 0.15) is 0 Å². The number of aryl methyl sites for hydroxylation is 1. The van der Waals surface area contributed by atoms with E-state index in [4.69, 9.17) is 0 Å². The molecule has 2 atom stereocenters. The molecule has 0 fully saturated rings. The van der Waals surface area contributed by atoms with Crippen LogP contribution in [0.25, 0.3) is 0 Å². The third kappa shape index (κ3) is 1.69. The minimum absolute atomic E-state index is 0.575. The fourth-order valence-electron chi connectivity index (χ4n) is 1.97. The molecule has 1 aromatic rings. The van der Waals surface area contributed by atoms with Crippen LogP contribution in [0.5, 0.6) is 0 Å². The SMILES string of the molecule is CNC(C)C1CSc2ccc(C)cc21. The summed E-state index contributed by atoms with van der Waals surface area (Å²) in [6.07, 6.45) is 0. The van der Waals surface area contributed by atoms with Crippen molar-refractivity contribution in [2.45, 2.75) is 30.7 Å². The van der Waals surface area contributed by atoms with E-state index in [1.807, 2.05) is 18.8 Å². The molecule has 0 saturated heterocycles. The molecular formula is C12H17NS. The molecule has 0 aliphatic carbocycles. The Bertz CT molecular complexity index is 335. The van der Waals surface area contributed by atoms with Crippen molar-refractivity contribution in [3.8, 4) is 0 Å². The number of nitrogens with one attached hydrogen (secondary N) is 1. The van der Waals surface area contributed by atoms with Crippen molar-refractivity contribution in [2.75, 3.05) is 12.8 Å². The average Bonchev–Trinajstić information content (AvgIpc) is 2.59. The quantitative estimate of drug-likeness (QED) is 0.800. The van der Waals surface area contributed by atoms with Gasteiger partial charge in [0.25, 0.3) is 0 Å². The summed E-state index contributed by atoms with van der Waals surface area (Å²) in [5, 5.41) is 3.35. The summed E-state index contributed by atoms with van der Waals surface area (Å²) in [5.74, 6) is 1.90. The standard InChI is InChI=1S/C12H17NS/c1-8-4-5-12-10(6-8)11(7-14-12)9(2)13-3/h4-6,9,11,13H,7H2,1-3H3. The second kappa shape index (κ2) is 3.95. The van der Waals surface area contributed by atoms with E-state index in [1.165, 1.54) is 21.8 Å². The van der Waals surface area contributed by atoms with Crippen molar-refractivity contribution in [3.05, 3.63) is 29.3 Å². The van der Waals surface area contributed by atoms with Crippen molar-refractivity contribution in [1.29, 1.82) is 0 Å². The van der Waals surface area contributed by atoms with Gasteiger partial charge in [-0.2, -0.15) is 0 Å². The van der Waals surface area contributed by atoms with Gasteiger partial charge in [0.05, 0.1) is 0 Å². The zero-order valence-electron chi connectivity index (χ0n) is 9.00. The number of likely N-dealkylation sites (N-methyl/N-ethyl adjacent to an activating group) is 1. The molecular weight excluding hydrogens is 190 g/mol. The van der Waals surface area contributed by atoms with E-state index in [0.717, 1.165) is 0 Å². The van der Waals surface area contributed by atoms with Crippen LogP contribution < -0.4 is 5.32 Å². The fourth-order valence-corrected chi connectivity index (χ4v) is 3.34. The average molecular weight is 207 g/mol. The van der Waals surface area contributed by atoms with Crippen LogP contribution in [-0.4, -0.2) is 18.8 Å². The highest BCUT2D eigenvalue weighted by molar-refractivity contribution is 7.99. The molecule has 2 heteroatoms. The molecule has 0 radical (unpaired) electrons. The Morgan fingerprint density at radius 3 is 3.00 bits per heavy atom. The molecule has 2 rings (SSSR count). The Kier molecular flexibility index (Phi) is 2.84. The van der Waals surface area contributed by atoms with E-state index in [0.29, 0.717) is 12.0 Å². The topological polar surface area (TPSA) is 12.0 Å². The first-order chi connectivity index (χ1) is 6.72. The maximum absolute atomic E-state index is 3.35. The molecule has 0 amide bonds. The van der Waals surface area contributed by atoms with Crippen LogP contribution in [-0.2, 0) is 0 Å². The lowest BCUT2D eigenvalue weighted by Crippen LogP contribution is -2.28. The molecule has 2 unspecified atom stereocenters. The number of fused-ring (bicyclic) bond motifs is 1. The van der Waals surface area contributed by atoms with Gasteiger partial charge >= 0.3 is 0 Å². The largest absolute Gasteiger partial charge is 0.317 e. The molecule has 14 heavy (non-hydrogen) atoms. The Labute approximate surface area is 90.3 Å². The van der Waals surface area contributed by atoms with E-state index < -0.39 is 0 Å². The Morgan fingerprint density at radius 1 is 1.50 bits per heavy atom. The van der Waals surface area contributed by atoms with E-state index in [9.17, 15) is 0 Å². The molecule has 0 bridgehead atoms. The zero-order valence-corrected chi connectivity index (χ0v) is 9.82. The molecule has 1 heterocycles. The molecule has 0 saturated carbocycles. The number of hydrogen-bond acceptors (Lipinski definition) is 2. The molecule has 76 valence electrons. The second-order valence-corrected chi connectivity index (χ2v) is 5.10. The lowest BCUT2D eigenvalue weighted by molar-refractivity contribution is 0.530. The summed E-state index contributed by atoms with van der Waals surface area (Å²) in [6.45, 7) is 4.44. The minimum Gasteiger partial charge on any atom is -0.317 e. The van der Waals surface area contributed by atoms with Crippen molar-refractivity contribution in [1.82, 2.24) is 5.32 Å². The number of rotatable bonds is 2. The smallest absolute Gasteiger partial charge is 0.0113 e. The van der Waals surface area contributed by atoms with E-state index in [2.05, 4.69) is 37.4 Å². The van der Waals surface area contributed by atoms with Gasteiger partial charge in [0, 0.05) is 22.6 Å². The molecule has 1 aliphatic heterocycles. The predicted octanol–water partition coefficient (Wildman–Crippen LogP) is 2.79. The molecule has 1 N–H and O–H groups in total. The third-order valence-electron chi connectivity index (χ3n) is 3.04. The Morgan fingerprint density at radius 2 is 2.29 bits per heavy atom. The molecule has 1 aromatic carbocycles. The van der Waals surface area contributed by atoms with Crippen LogP contribution in [0.3, 0.4) is 0 Å². The fraction of sp³-hybridized carbons (Fsp3) is 0.500. The highest BCUT2D eigenvalue weighted by Crippen LogP contribution is 2.41. The first-order valence-electron chi connectivity index (χ1n) is 5.13. The van der Waals surface area contributed by atoms with Crippen LogP contribution in [0.2, 0.25) is 0 Å². The third-order valence-corrected chi connectivity index (χ3v) is 4.25. The van der Waals surface area contributed by atoms with Gasteiger partial charge < -0.3 is 5.32 Å². The summed E-state index contributed by atoms with van der Waals surface area (Å²) in [7, 11) is 2.04. The maximum Gasteiger partial charge on any atom is 0.0113 e. The lowest BCUT2D eigenvalue weighted by Gasteiger charge is -2.19. The number of benzene rings is 1. The molecule has 1 aliphatic rings. The van der Waals surface area contributed by atoms with Crippen LogP contribution in [0.4, 0.5) is 0 Å². The van der Waals surface area contributed by atoms with Gasteiger partial charge in [-0.1, -0.05) is 17.7 Å². The molecule has 1 nitrogen and oxygen atoms in total. The normalized spacial score (nSPS) is 22.1. The highest BCUT2D eigenvalue weighted by Gasteiger charge is 2.26. The van der Waals surface area contributed by atoms with Crippen LogP contribution >= 0.6 is 11.8 Å². The highest BCUT2D eigenvalue weighted by atomic mass is 32.2. The zero-order chi connectivity index (χ0) is 10.1. The summed E-state index contributed by atoms with van der Waals surface area (Å²) >= 11 is 1.99. The van der Waals surface area contributed by atoms with Gasteiger partial charge in [0.2, 0.25) is 0 Å². The minimum atomic E-state index is 0.575. The van der Waals surface area contributed by atoms with Gasteiger partial charge in [-0.05, 0) is 32.5 Å². The first kappa shape index (κ1) is 10.1. The Balaban J connectivity index is 2.33. The monoisotopic (exact) mass is 207 g/mol. The van der Waals surface area contributed by atoms with Crippen LogP contribution in [0.15, 0.2) is 23.1 Å². The van der Waals surface area contributed by atoms with Gasteiger partial charge in [-0.15, -0.1) is 11.8 Å². The summed E-state index contributed by atoms with van der Waals surface area (Å²) in [4.78, 5) is 1.47. The van der Waals surface area contributed by atoms with Gasteiger partial charge in [-0.25, -0.2) is 0 Å². The van der Waals surface area contributed by atoms with E-state index in [1.54, 1.807) is 0 Å². The molecule has 0 spiro atoms. The lowest BCUT2D eigenvalue weighted by atomic mass is 9.93. The molecule has 0 aromatic heterocycles. The van der Waals surface area contributed by atoms with Crippen molar-refractivity contribution in [2.24, 2.45) is 0 Å². The summed E-state index contributed by atoms with van der Waals surface area (Å²) in [5.41, 5.74) is 2.91. The second-order valence-electron chi connectivity index (χ2n) is 4.04. The van der Waals surface area contributed by atoms with E-state index in [-0.39, 0.29) is 0 Å². The van der Waals surface area contributed by atoms with Crippen molar-refractivity contribution < 1.29 is 0 Å². The maximum atomic E-state index is 3.35. The summed E-state index contributed by atoms with van der Waals surface area (Å²) < 4.78 is 0. The summed E-state index contributed by atoms with van der Waals surface area (Å²) in [6, 6.07) is 7.38. The number of hydrogen-bond donors (Lipinski definition) is 1. The van der Waals surface area contributed by atoms with Crippen LogP contribution in [0.1, 0.15) is 24.0 Å². The van der Waals surface area contributed by atoms with E-state index >= 15 is 0 Å². The van der Waals surface area contributed by atoms with Crippen LogP contribution in [0, 0.1) is 6.92 Å². The van der Waals surface area contributed by atoms with Gasteiger partial charge in [0.15, 0.2) is 0 Å². The predicted molar refractivity (Wildman–Crippen MR) is 63.2 cm³/mol. The van der Waals surface area contributed by atoms with Crippen molar-refractivity contribution in [3.63, 3.8) is 0 Å². The van der Waals surface area contributed by atoms with Gasteiger partial charge in [-0.3, -0.25) is 0 Å².